The molecule has 3 saturated heterocycles. The Morgan fingerprint density at radius 3 is 2.56 bits per heavy atom. The zero-order valence-corrected chi connectivity index (χ0v) is 15.7. The van der Waals surface area contributed by atoms with E-state index in [1.807, 2.05) is 35.7 Å². The highest BCUT2D eigenvalue weighted by molar-refractivity contribution is 7.13. The Morgan fingerprint density at radius 1 is 1.11 bits per heavy atom. The molecule has 1 aromatic carbocycles. The fourth-order valence-corrected chi connectivity index (χ4v) is 4.77. The Labute approximate surface area is 162 Å². The average molecular weight is 379 g/mol. The van der Waals surface area contributed by atoms with Crippen molar-refractivity contribution in [3.8, 4) is 21.9 Å². The molecule has 3 aliphatic heterocycles. The monoisotopic (exact) mass is 379 g/mol. The van der Waals surface area contributed by atoms with E-state index in [4.69, 9.17) is 4.42 Å². The van der Waals surface area contributed by atoms with E-state index in [-0.39, 0.29) is 11.9 Å². The molecule has 3 fully saturated rings. The van der Waals surface area contributed by atoms with Crippen molar-refractivity contribution >= 4 is 17.2 Å². The quantitative estimate of drug-likeness (QED) is 0.747. The molecule has 5 nitrogen and oxygen atoms in total. The number of furan rings is 1. The van der Waals surface area contributed by atoms with E-state index in [0.717, 1.165) is 22.7 Å². The zero-order chi connectivity index (χ0) is 18.2. The summed E-state index contributed by atoms with van der Waals surface area (Å²) in [7, 11) is 0. The fourth-order valence-electron chi connectivity index (χ4n) is 4.13. The van der Waals surface area contributed by atoms with E-state index in [2.05, 4.69) is 15.2 Å². The van der Waals surface area contributed by atoms with E-state index in [9.17, 15) is 4.79 Å². The summed E-state index contributed by atoms with van der Waals surface area (Å²) in [6.07, 6.45) is 4.17. The number of aromatic nitrogens is 1. The van der Waals surface area contributed by atoms with Crippen molar-refractivity contribution in [1.29, 1.82) is 0 Å². The van der Waals surface area contributed by atoms with Crippen LogP contribution in [0.15, 0.2) is 52.4 Å². The molecule has 3 aromatic rings. The maximum atomic E-state index is 12.6. The van der Waals surface area contributed by atoms with E-state index in [0.29, 0.717) is 17.4 Å². The molecule has 5 heterocycles. The first-order valence-corrected chi connectivity index (χ1v) is 10.3. The van der Waals surface area contributed by atoms with Crippen LogP contribution in [0.5, 0.6) is 0 Å². The summed E-state index contributed by atoms with van der Waals surface area (Å²) in [5.74, 6) is 1.58. The Hall–Kier alpha value is -2.44. The van der Waals surface area contributed by atoms with Crippen molar-refractivity contribution in [1.82, 2.24) is 15.2 Å². The minimum absolute atomic E-state index is 0.112. The Balaban J connectivity index is 1.28. The highest BCUT2D eigenvalue weighted by Gasteiger charge is 2.35. The van der Waals surface area contributed by atoms with Crippen LogP contribution in [0, 0.1) is 5.92 Å². The van der Waals surface area contributed by atoms with E-state index in [1.54, 1.807) is 23.6 Å². The Kier molecular flexibility index (Phi) is 4.30. The van der Waals surface area contributed by atoms with Gasteiger partial charge in [0.2, 0.25) is 0 Å². The molecule has 0 radical (unpaired) electrons. The summed E-state index contributed by atoms with van der Waals surface area (Å²) in [4.78, 5) is 19.4. The molecule has 0 saturated carbocycles. The lowest BCUT2D eigenvalue weighted by Gasteiger charge is -2.44. The van der Waals surface area contributed by atoms with Crippen molar-refractivity contribution in [3.05, 3.63) is 53.7 Å². The van der Waals surface area contributed by atoms with E-state index in [1.165, 1.54) is 25.9 Å². The molecular weight excluding hydrogens is 358 g/mol. The summed E-state index contributed by atoms with van der Waals surface area (Å²) < 4.78 is 5.85. The third-order valence-electron chi connectivity index (χ3n) is 5.65. The predicted molar refractivity (Wildman–Crippen MR) is 106 cm³/mol. The molecule has 27 heavy (non-hydrogen) atoms. The lowest BCUT2D eigenvalue weighted by Crippen LogP contribution is -2.57. The van der Waals surface area contributed by atoms with Gasteiger partial charge in [-0.25, -0.2) is 4.98 Å². The van der Waals surface area contributed by atoms with Gasteiger partial charge in [-0.2, -0.15) is 0 Å². The number of carbonyl (C=O) groups excluding carboxylic acids is 1. The molecule has 1 amide bonds. The standard InChI is InChI=1S/C21H21N3O2S/c25-20(23-17-13-24-10-7-14(17)8-11-24)19-6-5-18(26-19)15-1-3-16(4-2-15)21-22-9-12-27-21/h1-6,9,12,14,17H,7-8,10-11,13H2,(H,23,25). The number of hydrogen-bond acceptors (Lipinski definition) is 5. The smallest absolute Gasteiger partial charge is 0.287 e. The number of fused-ring (bicyclic) bond motifs is 3. The third kappa shape index (κ3) is 3.31. The first-order chi connectivity index (χ1) is 13.3. The minimum atomic E-state index is -0.112. The van der Waals surface area contributed by atoms with E-state index >= 15 is 0 Å². The molecule has 1 N–H and O–H groups in total. The van der Waals surface area contributed by atoms with Crippen LogP contribution in [0.1, 0.15) is 23.4 Å². The number of nitrogens with zero attached hydrogens (tertiary/aromatic N) is 2. The molecule has 1 unspecified atom stereocenters. The van der Waals surface area contributed by atoms with Gasteiger partial charge in [-0.3, -0.25) is 4.79 Å². The van der Waals surface area contributed by atoms with Crippen LogP contribution in [0.2, 0.25) is 0 Å². The number of amides is 1. The number of rotatable bonds is 4. The molecule has 0 aliphatic carbocycles. The van der Waals surface area contributed by atoms with Crippen LogP contribution >= 0.6 is 11.3 Å². The van der Waals surface area contributed by atoms with Crippen LogP contribution in [0.3, 0.4) is 0 Å². The number of piperidine rings is 3. The van der Waals surface area contributed by atoms with Crippen molar-refractivity contribution in [2.45, 2.75) is 18.9 Å². The van der Waals surface area contributed by atoms with Gasteiger partial charge in [0, 0.05) is 35.3 Å². The van der Waals surface area contributed by atoms with Gasteiger partial charge in [0.05, 0.1) is 0 Å². The van der Waals surface area contributed by atoms with Gasteiger partial charge in [-0.1, -0.05) is 24.3 Å². The molecule has 6 heteroatoms. The largest absolute Gasteiger partial charge is 0.451 e. The second kappa shape index (κ2) is 6.94. The summed E-state index contributed by atoms with van der Waals surface area (Å²) in [6.45, 7) is 3.29. The predicted octanol–water partition coefficient (Wildman–Crippen LogP) is 3.89. The minimum Gasteiger partial charge on any atom is -0.451 e. The zero-order valence-electron chi connectivity index (χ0n) is 14.9. The van der Waals surface area contributed by atoms with Crippen molar-refractivity contribution < 1.29 is 9.21 Å². The van der Waals surface area contributed by atoms with Crippen LogP contribution in [-0.4, -0.2) is 41.5 Å². The van der Waals surface area contributed by atoms with Gasteiger partial charge in [-0.15, -0.1) is 11.3 Å². The molecule has 138 valence electrons. The number of carbonyl (C=O) groups is 1. The number of benzene rings is 1. The third-order valence-corrected chi connectivity index (χ3v) is 6.47. The molecule has 1 atom stereocenters. The molecule has 2 aromatic heterocycles. The second-order valence-corrected chi connectivity index (χ2v) is 8.19. The number of nitrogens with one attached hydrogen (secondary N) is 1. The Bertz CT molecular complexity index is 925. The van der Waals surface area contributed by atoms with E-state index < -0.39 is 0 Å². The van der Waals surface area contributed by atoms with Gasteiger partial charge in [0.15, 0.2) is 5.76 Å². The maximum Gasteiger partial charge on any atom is 0.287 e. The number of hydrogen-bond donors (Lipinski definition) is 1. The molecular formula is C21H21N3O2S. The van der Waals surface area contributed by atoms with Crippen LogP contribution in [0.25, 0.3) is 21.9 Å². The topological polar surface area (TPSA) is 58.4 Å². The van der Waals surface area contributed by atoms with Crippen LogP contribution < -0.4 is 5.32 Å². The number of thiazole rings is 1. The van der Waals surface area contributed by atoms with Gasteiger partial charge in [-0.05, 0) is 44.0 Å². The summed E-state index contributed by atoms with van der Waals surface area (Å²) >= 11 is 1.62. The van der Waals surface area contributed by atoms with Crippen LogP contribution in [-0.2, 0) is 0 Å². The first-order valence-electron chi connectivity index (χ1n) is 9.39. The van der Waals surface area contributed by atoms with Crippen molar-refractivity contribution in [3.63, 3.8) is 0 Å². The average Bonchev–Trinajstić information content (AvgIpc) is 3.41. The lowest BCUT2D eigenvalue weighted by atomic mass is 9.84. The van der Waals surface area contributed by atoms with Gasteiger partial charge < -0.3 is 14.6 Å². The summed E-state index contributed by atoms with van der Waals surface area (Å²) in [5.41, 5.74) is 2.04. The Morgan fingerprint density at radius 2 is 1.89 bits per heavy atom. The highest BCUT2D eigenvalue weighted by Crippen LogP contribution is 2.29. The molecule has 0 spiro atoms. The fraction of sp³-hybridized carbons (Fsp3) is 0.333. The van der Waals surface area contributed by atoms with Crippen LogP contribution in [0.4, 0.5) is 0 Å². The van der Waals surface area contributed by atoms with Crippen molar-refractivity contribution in [2.24, 2.45) is 5.92 Å². The second-order valence-electron chi connectivity index (χ2n) is 7.30. The summed E-state index contributed by atoms with van der Waals surface area (Å²) in [6, 6.07) is 11.9. The lowest BCUT2D eigenvalue weighted by molar-refractivity contribution is 0.0606. The van der Waals surface area contributed by atoms with Gasteiger partial charge >= 0.3 is 0 Å². The normalized spacial score (nSPS) is 24.1. The highest BCUT2D eigenvalue weighted by atomic mass is 32.1. The van der Waals surface area contributed by atoms with Gasteiger partial charge in [0.1, 0.15) is 10.8 Å². The molecule has 2 bridgehead atoms. The van der Waals surface area contributed by atoms with Crippen molar-refractivity contribution in [2.75, 3.05) is 19.6 Å². The molecule has 3 aliphatic rings. The summed E-state index contributed by atoms with van der Waals surface area (Å²) in [5, 5.41) is 6.14. The first kappa shape index (κ1) is 16.7. The molecule has 6 rings (SSSR count). The maximum absolute atomic E-state index is 12.6. The SMILES string of the molecule is O=C(NC1CN2CCC1CC2)c1ccc(-c2ccc(-c3nccs3)cc2)o1. The van der Waals surface area contributed by atoms with Gasteiger partial charge in [0.25, 0.3) is 5.91 Å².